The molecule has 2 N–H and O–H groups in total. The second-order valence-electron chi connectivity index (χ2n) is 4.27. The molecule has 0 amide bonds. The summed E-state index contributed by atoms with van der Waals surface area (Å²) < 4.78 is 39.0. The summed E-state index contributed by atoms with van der Waals surface area (Å²) in [5.41, 5.74) is -0.332. The van der Waals surface area contributed by atoms with E-state index in [4.69, 9.17) is 5.11 Å². The molecule has 2 heterocycles. The number of hydrogen-bond donors (Lipinski definition) is 2. The highest BCUT2D eigenvalue weighted by atomic mass is 19.4. The molecule has 0 aliphatic rings. The lowest BCUT2D eigenvalue weighted by Crippen LogP contribution is -2.04. The quantitative estimate of drug-likeness (QED) is 0.761. The van der Waals surface area contributed by atoms with Crippen LogP contribution >= 0.6 is 0 Å². The molecule has 21 heavy (non-hydrogen) atoms. The maximum Gasteiger partial charge on any atom is 0.416 e. The Morgan fingerprint density at radius 1 is 1.33 bits per heavy atom. The number of carboxylic acid groups (broad SMARTS) is 1. The molecule has 108 valence electrons. The molecule has 0 aliphatic heterocycles. The first-order valence-electron chi connectivity index (χ1n) is 5.70. The lowest BCUT2D eigenvalue weighted by molar-refractivity contribution is -0.137. The van der Waals surface area contributed by atoms with Crippen molar-refractivity contribution in [2.45, 2.75) is 6.18 Å². The van der Waals surface area contributed by atoms with Crippen molar-refractivity contribution < 1.29 is 23.1 Å². The smallest absolute Gasteiger partial charge is 0.416 e. The van der Waals surface area contributed by atoms with E-state index in [0.717, 1.165) is 23.0 Å². The van der Waals surface area contributed by atoms with Crippen molar-refractivity contribution in [1.82, 2.24) is 19.7 Å². The van der Waals surface area contributed by atoms with Gasteiger partial charge in [-0.2, -0.15) is 18.3 Å². The molecule has 0 fully saturated rings. The number of nitrogens with one attached hydrogen (secondary N) is 1. The highest BCUT2D eigenvalue weighted by Gasteiger charge is 2.30. The minimum atomic E-state index is -4.44. The topological polar surface area (TPSA) is 83.8 Å². The van der Waals surface area contributed by atoms with Crippen molar-refractivity contribution in [1.29, 1.82) is 0 Å². The molecule has 9 heteroatoms. The number of rotatable bonds is 2. The molecular formula is C12H7F3N4O2. The number of fused-ring (bicyclic) bond motifs is 1. The van der Waals surface area contributed by atoms with Gasteiger partial charge in [0.05, 0.1) is 28.4 Å². The number of H-pyrrole nitrogens is 1. The predicted molar refractivity (Wildman–Crippen MR) is 65.2 cm³/mol. The molecule has 3 rings (SSSR count). The highest BCUT2D eigenvalue weighted by molar-refractivity contribution is 5.87. The Morgan fingerprint density at radius 3 is 2.71 bits per heavy atom. The number of benzene rings is 1. The normalized spacial score (nSPS) is 12.0. The van der Waals surface area contributed by atoms with E-state index in [9.17, 15) is 18.0 Å². The number of halogens is 3. The Kier molecular flexibility index (Phi) is 2.71. The summed E-state index contributed by atoms with van der Waals surface area (Å²) in [7, 11) is 0. The summed E-state index contributed by atoms with van der Waals surface area (Å²) >= 11 is 0. The minimum absolute atomic E-state index is 0.0496. The molecule has 0 unspecified atom stereocenters. The maximum absolute atomic E-state index is 12.6. The largest absolute Gasteiger partial charge is 0.478 e. The lowest BCUT2D eigenvalue weighted by atomic mass is 10.2. The summed E-state index contributed by atoms with van der Waals surface area (Å²) in [6.07, 6.45) is -2.11. The fourth-order valence-electron chi connectivity index (χ4n) is 1.83. The van der Waals surface area contributed by atoms with E-state index >= 15 is 0 Å². The van der Waals surface area contributed by atoms with Gasteiger partial charge in [-0.05, 0) is 18.2 Å². The molecule has 6 nitrogen and oxygen atoms in total. The summed E-state index contributed by atoms with van der Waals surface area (Å²) in [5, 5.41) is 12.6. The van der Waals surface area contributed by atoms with Crippen LogP contribution in [0.3, 0.4) is 0 Å². The number of nitrogens with zero attached hydrogens (tertiary/aromatic N) is 3. The molecule has 0 saturated heterocycles. The lowest BCUT2D eigenvalue weighted by Gasteiger charge is -2.04. The van der Waals surface area contributed by atoms with Crippen LogP contribution in [0.5, 0.6) is 0 Å². The molecule has 0 spiro atoms. The van der Waals surface area contributed by atoms with Gasteiger partial charge in [-0.3, -0.25) is 0 Å². The van der Waals surface area contributed by atoms with Crippen LogP contribution in [0.4, 0.5) is 13.2 Å². The van der Waals surface area contributed by atoms with Gasteiger partial charge in [0.15, 0.2) is 0 Å². The predicted octanol–water partition coefficient (Wildman–Crippen LogP) is 2.47. The number of carboxylic acids is 1. The van der Waals surface area contributed by atoms with E-state index in [1.165, 1.54) is 12.3 Å². The molecule has 0 atom stereocenters. The molecule has 0 bridgehead atoms. The molecule has 2 aromatic heterocycles. The molecule has 0 radical (unpaired) electrons. The number of alkyl halides is 3. The molecule has 0 saturated carbocycles. The van der Waals surface area contributed by atoms with Gasteiger partial charge in [-0.15, -0.1) is 0 Å². The van der Waals surface area contributed by atoms with Gasteiger partial charge in [-0.1, -0.05) is 0 Å². The van der Waals surface area contributed by atoms with Crippen LogP contribution in [0.2, 0.25) is 0 Å². The van der Waals surface area contributed by atoms with Crippen LogP contribution < -0.4 is 0 Å². The van der Waals surface area contributed by atoms with Crippen molar-refractivity contribution in [2.75, 3.05) is 0 Å². The van der Waals surface area contributed by atoms with Gasteiger partial charge in [0.1, 0.15) is 0 Å². The minimum Gasteiger partial charge on any atom is -0.478 e. The Balaban J connectivity index is 2.06. The van der Waals surface area contributed by atoms with E-state index in [-0.39, 0.29) is 17.0 Å². The van der Waals surface area contributed by atoms with Gasteiger partial charge in [0, 0.05) is 6.20 Å². The van der Waals surface area contributed by atoms with E-state index in [1.807, 2.05) is 0 Å². The van der Waals surface area contributed by atoms with Crippen LogP contribution in [0, 0.1) is 0 Å². The van der Waals surface area contributed by atoms with Crippen LogP contribution in [-0.4, -0.2) is 30.8 Å². The Labute approximate surface area is 114 Å². The highest BCUT2D eigenvalue weighted by Crippen LogP contribution is 2.31. The van der Waals surface area contributed by atoms with Crippen molar-refractivity contribution in [3.05, 3.63) is 41.7 Å². The summed E-state index contributed by atoms with van der Waals surface area (Å²) in [5.74, 6) is -1.02. The number of aromatic carboxylic acids is 1. The number of carbonyl (C=O) groups is 1. The first kappa shape index (κ1) is 13.2. The summed E-state index contributed by atoms with van der Waals surface area (Å²) in [4.78, 5) is 17.5. The zero-order valence-electron chi connectivity index (χ0n) is 10.2. The van der Waals surface area contributed by atoms with Gasteiger partial charge in [0.25, 0.3) is 0 Å². The Bertz CT molecular complexity index is 835. The fraction of sp³-hybridized carbons (Fsp3) is 0.0833. The Hall–Kier alpha value is -2.84. The van der Waals surface area contributed by atoms with Crippen LogP contribution in [0.1, 0.15) is 15.9 Å². The first-order chi connectivity index (χ1) is 9.84. The molecular weight excluding hydrogens is 289 g/mol. The molecule has 3 aromatic rings. The second-order valence-corrected chi connectivity index (χ2v) is 4.27. The first-order valence-corrected chi connectivity index (χ1v) is 5.70. The second kappa shape index (κ2) is 4.33. The van der Waals surface area contributed by atoms with Crippen LogP contribution in [0.15, 0.2) is 30.6 Å². The average Bonchev–Trinajstić information content (AvgIpc) is 3.03. The zero-order valence-corrected chi connectivity index (χ0v) is 10.2. The Morgan fingerprint density at radius 2 is 2.10 bits per heavy atom. The summed E-state index contributed by atoms with van der Waals surface area (Å²) in [6.45, 7) is 0. The van der Waals surface area contributed by atoms with Gasteiger partial charge < -0.3 is 10.1 Å². The number of aromatic amines is 1. The van der Waals surface area contributed by atoms with Gasteiger partial charge in [0.2, 0.25) is 5.95 Å². The maximum atomic E-state index is 12.6. The van der Waals surface area contributed by atoms with Crippen molar-refractivity contribution in [3.63, 3.8) is 0 Å². The van der Waals surface area contributed by atoms with E-state index in [0.29, 0.717) is 5.52 Å². The van der Waals surface area contributed by atoms with Crippen LogP contribution in [-0.2, 0) is 6.18 Å². The van der Waals surface area contributed by atoms with Gasteiger partial charge in [-0.25, -0.2) is 14.5 Å². The van der Waals surface area contributed by atoms with Crippen molar-refractivity contribution >= 4 is 17.0 Å². The average molecular weight is 296 g/mol. The van der Waals surface area contributed by atoms with E-state index < -0.39 is 17.7 Å². The van der Waals surface area contributed by atoms with Gasteiger partial charge >= 0.3 is 12.1 Å². The monoisotopic (exact) mass is 296 g/mol. The third kappa shape index (κ3) is 2.33. The third-order valence-corrected chi connectivity index (χ3v) is 2.84. The SMILES string of the molecule is O=C(O)c1cnn(-c2nc3ccc(C(F)(F)F)cc3[nH]2)c1. The standard InChI is InChI=1S/C12H7F3N4O2/c13-12(14,15)7-1-2-8-9(3-7)18-11(17-8)19-5-6(4-16-19)10(20)21/h1-5H,(H,17,18)(H,20,21). The molecule has 0 aliphatic carbocycles. The molecule has 1 aromatic carbocycles. The zero-order chi connectivity index (χ0) is 15.2. The van der Waals surface area contributed by atoms with Crippen molar-refractivity contribution in [3.8, 4) is 5.95 Å². The van der Waals surface area contributed by atoms with E-state index in [2.05, 4.69) is 15.1 Å². The van der Waals surface area contributed by atoms with Crippen LogP contribution in [0.25, 0.3) is 17.0 Å². The number of hydrogen-bond acceptors (Lipinski definition) is 3. The van der Waals surface area contributed by atoms with Crippen molar-refractivity contribution in [2.24, 2.45) is 0 Å². The number of imidazole rings is 1. The summed E-state index contributed by atoms with van der Waals surface area (Å²) in [6, 6.07) is 3.10. The number of aromatic nitrogens is 4. The van der Waals surface area contributed by atoms with E-state index in [1.54, 1.807) is 0 Å². The third-order valence-electron chi connectivity index (χ3n) is 2.84. The fourth-order valence-corrected chi connectivity index (χ4v) is 1.83.